The minimum absolute atomic E-state index is 0. The molecule has 2 N–H and O–H groups in total. The summed E-state index contributed by atoms with van der Waals surface area (Å²) < 4.78 is 0.739. The van der Waals surface area contributed by atoms with E-state index in [-0.39, 0.29) is 24.4 Å². The summed E-state index contributed by atoms with van der Waals surface area (Å²) in [5.74, 6) is 0.0188. The van der Waals surface area contributed by atoms with Crippen LogP contribution in [0, 0.1) is 0 Å². The minimum atomic E-state index is 0. The van der Waals surface area contributed by atoms with Gasteiger partial charge in [-0.15, -0.1) is 12.4 Å². The molecule has 1 heterocycles. The largest absolute Gasteiger partial charge is 0.337 e. The van der Waals surface area contributed by atoms with Crippen molar-refractivity contribution in [2.45, 2.75) is 12.5 Å². The SMILES string of the molecule is Cl.N[C@@H]1CCN(C(=O)c2ccc(Cl)c(Br)c2)C1. The minimum Gasteiger partial charge on any atom is -0.337 e. The first-order valence-corrected chi connectivity index (χ1v) is 6.25. The van der Waals surface area contributed by atoms with Gasteiger partial charge in [0.25, 0.3) is 5.91 Å². The van der Waals surface area contributed by atoms with Crippen LogP contribution in [0.25, 0.3) is 0 Å². The molecular formula is C11H13BrCl2N2O. The van der Waals surface area contributed by atoms with E-state index in [1.165, 1.54) is 0 Å². The number of carbonyl (C=O) groups excluding carboxylic acids is 1. The van der Waals surface area contributed by atoms with Crippen LogP contribution >= 0.6 is 39.9 Å². The summed E-state index contributed by atoms with van der Waals surface area (Å²) in [6.07, 6.45) is 0.875. The molecule has 94 valence electrons. The first-order chi connectivity index (χ1) is 7.58. The van der Waals surface area contributed by atoms with Gasteiger partial charge in [0.1, 0.15) is 0 Å². The number of hydrogen-bond acceptors (Lipinski definition) is 2. The van der Waals surface area contributed by atoms with Crippen LogP contribution in [0.5, 0.6) is 0 Å². The lowest BCUT2D eigenvalue weighted by Crippen LogP contribution is -2.31. The summed E-state index contributed by atoms with van der Waals surface area (Å²) in [6, 6.07) is 5.31. The van der Waals surface area contributed by atoms with Crippen LogP contribution in [0.15, 0.2) is 22.7 Å². The summed E-state index contributed by atoms with van der Waals surface area (Å²) in [7, 11) is 0. The van der Waals surface area contributed by atoms with Crippen molar-refractivity contribution in [1.29, 1.82) is 0 Å². The second-order valence-corrected chi connectivity index (χ2v) is 5.19. The number of likely N-dealkylation sites (tertiary alicyclic amines) is 1. The third-order valence-corrected chi connectivity index (χ3v) is 3.89. The number of nitrogens with two attached hydrogens (primary N) is 1. The Morgan fingerprint density at radius 2 is 2.24 bits per heavy atom. The Morgan fingerprint density at radius 3 is 2.76 bits per heavy atom. The third-order valence-electron chi connectivity index (χ3n) is 2.68. The molecular weight excluding hydrogens is 327 g/mol. The van der Waals surface area contributed by atoms with E-state index in [1.807, 2.05) is 0 Å². The van der Waals surface area contributed by atoms with Gasteiger partial charge < -0.3 is 10.6 Å². The standard InChI is InChI=1S/C11H12BrClN2O.ClH/c12-9-5-7(1-2-10(9)13)11(16)15-4-3-8(14)6-15;/h1-2,5,8H,3-4,6,14H2;1H/t8-;/m1./s1. The van der Waals surface area contributed by atoms with Crippen LogP contribution < -0.4 is 5.73 Å². The van der Waals surface area contributed by atoms with Gasteiger partial charge >= 0.3 is 0 Å². The molecule has 1 atom stereocenters. The van der Waals surface area contributed by atoms with Gasteiger partial charge in [0, 0.05) is 29.2 Å². The number of benzene rings is 1. The first-order valence-electron chi connectivity index (χ1n) is 5.08. The number of rotatable bonds is 1. The van der Waals surface area contributed by atoms with E-state index in [0.717, 1.165) is 17.4 Å². The molecule has 1 aliphatic heterocycles. The predicted molar refractivity (Wildman–Crippen MR) is 74.9 cm³/mol. The van der Waals surface area contributed by atoms with Gasteiger partial charge in [-0.05, 0) is 40.5 Å². The molecule has 0 aromatic heterocycles. The van der Waals surface area contributed by atoms with Gasteiger partial charge in [-0.2, -0.15) is 0 Å². The van der Waals surface area contributed by atoms with Crippen molar-refractivity contribution in [2.75, 3.05) is 13.1 Å². The smallest absolute Gasteiger partial charge is 0.253 e. The lowest BCUT2D eigenvalue weighted by Gasteiger charge is -2.15. The molecule has 1 aliphatic rings. The molecule has 0 saturated carbocycles. The van der Waals surface area contributed by atoms with Crippen LogP contribution in [-0.4, -0.2) is 29.9 Å². The second kappa shape index (κ2) is 6.05. The highest BCUT2D eigenvalue weighted by atomic mass is 79.9. The monoisotopic (exact) mass is 338 g/mol. The average molecular weight is 340 g/mol. The van der Waals surface area contributed by atoms with E-state index in [4.69, 9.17) is 17.3 Å². The summed E-state index contributed by atoms with van der Waals surface area (Å²) >= 11 is 9.18. The molecule has 0 spiro atoms. The van der Waals surface area contributed by atoms with Gasteiger partial charge in [0.15, 0.2) is 0 Å². The van der Waals surface area contributed by atoms with Gasteiger partial charge in [-0.25, -0.2) is 0 Å². The fourth-order valence-corrected chi connectivity index (χ4v) is 2.28. The maximum atomic E-state index is 12.1. The zero-order valence-corrected chi connectivity index (χ0v) is 12.2. The molecule has 1 fully saturated rings. The topological polar surface area (TPSA) is 46.3 Å². The average Bonchev–Trinajstić information content (AvgIpc) is 2.68. The van der Waals surface area contributed by atoms with Crippen LogP contribution in [-0.2, 0) is 0 Å². The number of carbonyl (C=O) groups is 1. The zero-order valence-electron chi connectivity index (χ0n) is 9.03. The van der Waals surface area contributed by atoms with E-state index >= 15 is 0 Å². The molecule has 0 aliphatic carbocycles. The zero-order chi connectivity index (χ0) is 11.7. The van der Waals surface area contributed by atoms with Crippen LogP contribution in [0.4, 0.5) is 0 Å². The summed E-state index contributed by atoms with van der Waals surface area (Å²) in [6.45, 7) is 1.37. The van der Waals surface area contributed by atoms with E-state index < -0.39 is 0 Å². The lowest BCUT2D eigenvalue weighted by molar-refractivity contribution is 0.0791. The van der Waals surface area contributed by atoms with E-state index in [0.29, 0.717) is 17.1 Å². The molecule has 3 nitrogen and oxygen atoms in total. The number of hydrogen-bond donors (Lipinski definition) is 1. The third kappa shape index (κ3) is 3.35. The Balaban J connectivity index is 0.00000144. The van der Waals surface area contributed by atoms with Crippen LogP contribution in [0.3, 0.4) is 0 Å². The maximum Gasteiger partial charge on any atom is 0.253 e. The van der Waals surface area contributed by atoms with Gasteiger partial charge in [0.05, 0.1) is 5.02 Å². The Morgan fingerprint density at radius 1 is 1.53 bits per heavy atom. The van der Waals surface area contributed by atoms with Crippen molar-refractivity contribution in [2.24, 2.45) is 5.73 Å². The highest BCUT2D eigenvalue weighted by molar-refractivity contribution is 9.10. The van der Waals surface area contributed by atoms with Crippen molar-refractivity contribution in [3.8, 4) is 0 Å². The van der Waals surface area contributed by atoms with Gasteiger partial charge in [-0.3, -0.25) is 4.79 Å². The lowest BCUT2D eigenvalue weighted by atomic mass is 10.2. The van der Waals surface area contributed by atoms with Gasteiger partial charge in [-0.1, -0.05) is 11.6 Å². The Bertz CT molecular complexity index is 428. The molecule has 1 aromatic carbocycles. The normalized spacial score (nSPS) is 19.0. The molecule has 1 saturated heterocycles. The fourth-order valence-electron chi connectivity index (χ4n) is 1.78. The van der Waals surface area contributed by atoms with Crippen molar-refractivity contribution in [3.05, 3.63) is 33.3 Å². The summed E-state index contributed by atoms with van der Waals surface area (Å²) in [5.41, 5.74) is 6.41. The Kier molecular flexibility index (Phi) is 5.25. The molecule has 1 aromatic rings. The fraction of sp³-hybridized carbons (Fsp3) is 0.364. The number of nitrogens with zero attached hydrogens (tertiary/aromatic N) is 1. The molecule has 6 heteroatoms. The number of amides is 1. The summed E-state index contributed by atoms with van der Waals surface area (Å²) in [5, 5.41) is 0.606. The van der Waals surface area contributed by atoms with E-state index in [2.05, 4.69) is 15.9 Å². The second-order valence-electron chi connectivity index (χ2n) is 3.93. The predicted octanol–water partition coefficient (Wildman–Crippen LogP) is 2.70. The molecule has 1 amide bonds. The molecule has 17 heavy (non-hydrogen) atoms. The molecule has 0 unspecified atom stereocenters. The molecule has 2 rings (SSSR count). The highest BCUT2D eigenvalue weighted by Gasteiger charge is 2.24. The first kappa shape index (κ1) is 14.8. The Hall–Kier alpha value is -0.290. The van der Waals surface area contributed by atoms with Crippen molar-refractivity contribution in [3.63, 3.8) is 0 Å². The van der Waals surface area contributed by atoms with Crippen LogP contribution in [0.1, 0.15) is 16.8 Å². The highest BCUT2D eigenvalue weighted by Crippen LogP contribution is 2.24. The molecule has 0 radical (unpaired) electrons. The van der Waals surface area contributed by atoms with Crippen molar-refractivity contribution >= 4 is 45.8 Å². The Labute approximate surface area is 120 Å². The maximum absolute atomic E-state index is 12.1. The van der Waals surface area contributed by atoms with E-state index in [1.54, 1.807) is 23.1 Å². The van der Waals surface area contributed by atoms with Crippen LogP contribution in [0.2, 0.25) is 5.02 Å². The van der Waals surface area contributed by atoms with Crippen molar-refractivity contribution in [1.82, 2.24) is 4.90 Å². The van der Waals surface area contributed by atoms with Crippen molar-refractivity contribution < 1.29 is 4.79 Å². The number of halogens is 3. The molecule has 0 bridgehead atoms. The summed E-state index contributed by atoms with van der Waals surface area (Å²) in [4.78, 5) is 13.8. The van der Waals surface area contributed by atoms with Gasteiger partial charge in [0.2, 0.25) is 0 Å². The van der Waals surface area contributed by atoms with E-state index in [9.17, 15) is 4.79 Å². The quantitative estimate of drug-likeness (QED) is 0.855.